The summed E-state index contributed by atoms with van der Waals surface area (Å²) in [5.74, 6) is 7.94. The topological polar surface area (TPSA) is 106 Å². The number of hydrogen-bond acceptors (Lipinski definition) is 4. The highest BCUT2D eigenvalue weighted by molar-refractivity contribution is 7.51. The summed E-state index contributed by atoms with van der Waals surface area (Å²) in [6, 6.07) is 9.56. The van der Waals surface area contributed by atoms with Gasteiger partial charge < -0.3 is 24.7 Å². The van der Waals surface area contributed by atoms with Gasteiger partial charge in [0.15, 0.2) is 5.76 Å². The van der Waals surface area contributed by atoms with Gasteiger partial charge in [0.2, 0.25) is 0 Å². The fraction of sp³-hybridized carbons (Fsp3) is 0.429. The predicted molar refractivity (Wildman–Crippen MR) is 109 cm³/mol. The van der Waals surface area contributed by atoms with E-state index in [-0.39, 0.29) is 19.2 Å². The van der Waals surface area contributed by atoms with Gasteiger partial charge in [-0.25, -0.2) is 0 Å². The van der Waals surface area contributed by atoms with E-state index in [0.29, 0.717) is 18.6 Å². The van der Waals surface area contributed by atoms with Crippen LogP contribution in [0.5, 0.6) is 5.75 Å². The average Bonchev–Trinajstić information content (AvgIpc) is 3.06. The van der Waals surface area contributed by atoms with Crippen molar-refractivity contribution in [1.29, 1.82) is 0 Å². The van der Waals surface area contributed by atoms with E-state index in [0.717, 1.165) is 11.5 Å². The molecule has 0 radical (unpaired) electrons. The summed E-state index contributed by atoms with van der Waals surface area (Å²) in [5, 5.41) is 0. The van der Waals surface area contributed by atoms with Crippen molar-refractivity contribution in [2.75, 3.05) is 12.8 Å². The van der Waals surface area contributed by atoms with Crippen molar-refractivity contribution >= 4 is 7.60 Å². The average molecular weight is 405 g/mol. The molecular formula is C21H28NO5P. The van der Waals surface area contributed by atoms with Crippen LogP contribution in [-0.2, 0) is 11.0 Å². The van der Waals surface area contributed by atoms with Crippen molar-refractivity contribution in [3.05, 3.63) is 53.0 Å². The zero-order valence-electron chi connectivity index (χ0n) is 16.6. The molecule has 0 amide bonds. The van der Waals surface area contributed by atoms with Crippen LogP contribution in [0.2, 0.25) is 0 Å². The molecule has 1 aromatic heterocycles. The number of ether oxygens (including phenoxy) is 1. The Morgan fingerprint density at radius 3 is 2.61 bits per heavy atom. The molecule has 0 aliphatic carbocycles. The van der Waals surface area contributed by atoms with Crippen LogP contribution in [0.25, 0.3) is 0 Å². The van der Waals surface area contributed by atoms with Crippen molar-refractivity contribution in [2.45, 2.75) is 45.6 Å². The van der Waals surface area contributed by atoms with E-state index >= 15 is 0 Å². The molecule has 2 aromatic rings. The highest BCUT2D eigenvalue weighted by Gasteiger charge is 2.24. The van der Waals surface area contributed by atoms with Gasteiger partial charge in [0, 0.05) is 12.0 Å². The van der Waals surface area contributed by atoms with E-state index in [1.165, 1.54) is 11.1 Å². The predicted octanol–water partition coefficient (Wildman–Crippen LogP) is 3.54. The molecule has 152 valence electrons. The third kappa shape index (κ3) is 7.92. The van der Waals surface area contributed by atoms with Crippen LogP contribution < -0.4 is 10.5 Å². The molecule has 0 aliphatic heterocycles. The molecule has 28 heavy (non-hydrogen) atoms. The summed E-state index contributed by atoms with van der Waals surface area (Å²) in [6.07, 6.45) is 1.17. The molecule has 6 nitrogen and oxygen atoms in total. The number of rotatable bonds is 8. The second-order valence-corrected chi connectivity index (χ2v) is 9.17. The van der Waals surface area contributed by atoms with Crippen molar-refractivity contribution in [3.63, 3.8) is 0 Å². The normalized spacial score (nSPS) is 13.5. The van der Waals surface area contributed by atoms with E-state index in [1.54, 1.807) is 13.0 Å². The van der Waals surface area contributed by atoms with Gasteiger partial charge in [0.25, 0.3) is 0 Å². The Morgan fingerprint density at radius 1 is 1.18 bits per heavy atom. The third-order valence-electron chi connectivity index (χ3n) is 4.58. The fourth-order valence-corrected chi connectivity index (χ4v) is 3.36. The van der Waals surface area contributed by atoms with Crippen molar-refractivity contribution in [3.8, 4) is 17.6 Å². The Hall–Kier alpha value is -2.03. The molecule has 7 heteroatoms. The van der Waals surface area contributed by atoms with Crippen LogP contribution >= 0.6 is 7.60 Å². The molecular weight excluding hydrogens is 377 g/mol. The molecule has 1 unspecified atom stereocenters. The summed E-state index contributed by atoms with van der Waals surface area (Å²) < 4.78 is 22.3. The molecule has 0 fully saturated rings. The number of hydrogen-bond donors (Lipinski definition) is 3. The zero-order valence-corrected chi connectivity index (χ0v) is 17.5. The molecule has 1 heterocycles. The second kappa shape index (κ2) is 9.45. The van der Waals surface area contributed by atoms with E-state index in [2.05, 4.69) is 18.8 Å². The smallest absolute Gasteiger partial charge is 0.325 e. The monoisotopic (exact) mass is 405 g/mol. The molecule has 1 atom stereocenters. The van der Waals surface area contributed by atoms with Crippen molar-refractivity contribution in [1.82, 2.24) is 0 Å². The van der Waals surface area contributed by atoms with Gasteiger partial charge in [-0.15, -0.1) is 0 Å². The first-order valence-electron chi connectivity index (χ1n) is 9.15. The van der Waals surface area contributed by atoms with Crippen LogP contribution in [0.15, 0.2) is 34.7 Å². The summed E-state index contributed by atoms with van der Waals surface area (Å²) in [7, 11) is -4.03. The minimum atomic E-state index is -4.03. The van der Waals surface area contributed by atoms with E-state index in [1.807, 2.05) is 31.2 Å². The van der Waals surface area contributed by atoms with Gasteiger partial charge in [-0.05, 0) is 74.9 Å². The molecule has 0 bridgehead atoms. The van der Waals surface area contributed by atoms with Gasteiger partial charge in [0.1, 0.15) is 18.1 Å². The number of aryl methyl sites for hydroxylation is 3. The van der Waals surface area contributed by atoms with Gasteiger partial charge in [-0.2, -0.15) is 0 Å². The number of furan rings is 1. The Balaban J connectivity index is 1.81. The van der Waals surface area contributed by atoms with Crippen LogP contribution in [0.1, 0.15) is 42.4 Å². The minimum Gasteiger partial charge on any atom is -0.481 e. The molecule has 4 N–H and O–H groups in total. The summed E-state index contributed by atoms with van der Waals surface area (Å²) in [4.78, 5) is 18.0. The van der Waals surface area contributed by atoms with Gasteiger partial charge in [-0.1, -0.05) is 12.0 Å². The first-order valence-corrected chi connectivity index (χ1v) is 10.9. The highest BCUT2D eigenvalue weighted by atomic mass is 31.2. The summed E-state index contributed by atoms with van der Waals surface area (Å²) in [5.41, 5.74) is 7.85. The lowest BCUT2D eigenvalue weighted by molar-refractivity contribution is 0.349. The molecule has 0 saturated carbocycles. The number of benzene rings is 1. The van der Waals surface area contributed by atoms with Gasteiger partial charge >= 0.3 is 7.60 Å². The van der Waals surface area contributed by atoms with Crippen molar-refractivity contribution in [2.24, 2.45) is 5.73 Å². The summed E-state index contributed by atoms with van der Waals surface area (Å²) in [6.45, 7) is 6.15. The quantitative estimate of drug-likeness (QED) is 0.458. The standard InChI is InChI=1S/C21H28NO5P/c1-16-6-7-20(15-17(16)2)26-13-4-5-18-8-9-19(27-18)10-11-21(3,22)12-14-28(23,24)25/h6-9,15H,10-14,22H2,1-3H3,(H2,23,24,25). The largest absolute Gasteiger partial charge is 0.481 e. The highest BCUT2D eigenvalue weighted by Crippen LogP contribution is 2.37. The fourth-order valence-electron chi connectivity index (χ4n) is 2.56. The number of nitrogens with two attached hydrogens (primary N) is 1. The third-order valence-corrected chi connectivity index (χ3v) is 5.39. The van der Waals surface area contributed by atoms with E-state index < -0.39 is 13.1 Å². The van der Waals surface area contributed by atoms with E-state index in [4.69, 9.17) is 24.7 Å². The Morgan fingerprint density at radius 2 is 1.93 bits per heavy atom. The lowest BCUT2D eigenvalue weighted by Crippen LogP contribution is -2.37. The lowest BCUT2D eigenvalue weighted by Gasteiger charge is -2.24. The first-order chi connectivity index (χ1) is 13.0. The second-order valence-electron chi connectivity index (χ2n) is 7.39. The molecule has 0 aliphatic rings. The first kappa shape index (κ1) is 22.3. The maximum Gasteiger partial charge on any atom is 0.325 e. The van der Waals surface area contributed by atoms with E-state index in [9.17, 15) is 4.57 Å². The van der Waals surface area contributed by atoms with Crippen LogP contribution in [0.3, 0.4) is 0 Å². The molecule has 0 spiro atoms. The Bertz CT molecular complexity index is 901. The molecule has 1 aromatic carbocycles. The Labute approximate surface area is 166 Å². The molecule has 0 saturated heterocycles. The van der Waals surface area contributed by atoms with Crippen LogP contribution in [0, 0.1) is 25.7 Å². The SMILES string of the molecule is Cc1ccc(OCC#Cc2ccc(CCC(C)(N)CCP(=O)(O)O)o2)cc1C. The van der Waals surface area contributed by atoms with Gasteiger partial charge in [0.05, 0.1) is 6.16 Å². The Kier molecular flexibility index (Phi) is 7.51. The van der Waals surface area contributed by atoms with Crippen LogP contribution in [0.4, 0.5) is 0 Å². The maximum absolute atomic E-state index is 11.0. The zero-order chi connectivity index (χ0) is 20.8. The van der Waals surface area contributed by atoms with Gasteiger partial charge in [-0.3, -0.25) is 4.57 Å². The minimum absolute atomic E-state index is 0.213. The maximum atomic E-state index is 11.0. The summed E-state index contributed by atoms with van der Waals surface area (Å²) >= 11 is 0. The van der Waals surface area contributed by atoms with Crippen molar-refractivity contribution < 1.29 is 23.5 Å². The van der Waals surface area contributed by atoms with Crippen LogP contribution in [-0.4, -0.2) is 28.1 Å². The molecule has 2 rings (SSSR count). The lowest BCUT2D eigenvalue weighted by atomic mass is 9.93.